The lowest BCUT2D eigenvalue weighted by atomic mass is 10.3. The standard InChI is InChI=1S/C7H12ClNO3/c1-4(8)7(12)9-2-5(10)6(11)3-9/h4-6,10-11H,2-3H2,1H3/t4?,5-,6+. The van der Waals surface area contributed by atoms with Crippen molar-refractivity contribution < 1.29 is 15.0 Å². The molecule has 1 fully saturated rings. The first kappa shape index (κ1) is 9.77. The lowest BCUT2D eigenvalue weighted by Gasteiger charge is -2.16. The van der Waals surface area contributed by atoms with Crippen LogP contribution < -0.4 is 0 Å². The molecule has 70 valence electrons. The first-order valence-corrected chi connectivity index (χ1v) is 4.25. The van der Waals surface area contributed by atoms with Crippen molar-refractivity contribution in [2.45, 2.75) is 24.5 Å². The van der Waals surface area contributed by atoms with Crippen LogP contribution in [0.15, 0.2) is 0 Å². The number of likely N-dealkylation sites (tertiary alicyclic amines) is 1. The summed E-state index contributed by atoms with van der Waals surface area (Å²) in [7, 11) is 0. The number of hydrogen-bond donors (Lipinski definition) is 2. The van der Waals surface area contributed by atoms with Crippen molar-refractivity contribution in [3.63, 3.8) is 0 Å². The van der Waals surface area contributed by atoms with E-state index in [9.17, 15) is 4.79 Å². The average Bonchev–Trinajstić information content (AvgIpc) is 2.30. The van der Waals surface area contributed by atoms with E-state index in [1.807, 2.05) is 0 Å². The summed E-state index contributed by atoms with van der Waals surface area (Å²) in [5.41, 5.74) is 0. The third kappa shape index (κ3) is 1.88. The van der Waals surface area contributed by atoms with E-state index in [4.69, 9.17) is 21.8 Å². The minimum Gasteiger partial charge on any atom is -0.388 e. The Balaban J connectivity index is 2.52. The first-order valence-electron chi connectivity index (χ1n) is 3.81. The summed E-state index contributed by atoms with van der Waals surface area (Å²) in [5, 5.41) is 17.6. The van der Waals surface area contributed by atoms with Gasteiger partial charge in [-0.25, -0.2) is 0 Å². The zero-order chi connectivity index (χ0) is 9.30. The molecule has 1 saturated heterocycles. The highest BCUT2D eigenvalue weighted by Gasteiger charge is 2.33. The van der Waals surface area contributed by atoms with Crippen LogP contribution in [0.2, 0.25) is 0 Å². The smallest absolute Gasteiger partial charge is 0.240 e. The minimum atomic E-state index is -0.829. The zero-order valence-corrected chi connectivity index (χ0v) is 7.53. The summed E-state index contributed by atoms with van der Waals surface area (Å²) >= 11 is 5.55. The number of nitrogens with zero attached hydrogens (tertiary/aromatic N) is 1. The van der Waals surface area contributed by atoms with Gasteiger partial charge in [0.1, 0.15) is 5.38 Å². The monoisotopic (exact) mass is 193 g/mol. The van der Waals surface area contributed by atoms with E-state index >= 15 is 0 Å². The van der Waals surface area contributed by atoms with Crippen molar-refractivity contribution in [2.75, 3.05) is 13.1 Å². The molecule has 1 aliphatic rings. The Kier molecular flexibility index (Phi) is 2.93. The van der Waals surface area contributed by atoms with Crippen LogP contribution in [0.5, 0.6) is 0 Å². The number of carbonyl (C=O) groups excluding carboxylic acids is 1. The largest absolute Gasteiger partial charge is 0.388 e. The van der Waals surface area contributed by atoms with Crippen molar-refractivity contribution >= 4 is 17.5 Å². The average molecular weight is 194 g/mol. The van der Waals surface area contributed by atoms with E-state index in [0.29, 0.717) is 0 Å². The predicted molar refractivity (Wildman–Crippen MR) is 43.9 cm³/mol. The molecule has 5 heteroatoms. The van der Waals surface area contributed by atoms with Gasteiger partial charge in [0.15, 0.2) is 0 Å². The second kappa shape index (κ2) is 3.60. The normalized spacial score (nSPS) is 32.2. The number of β-amino-alcohol motifs (C(OH)–C–C–N with tert-alkyl or cyclic N) is 2. The van der Waals surface area contributed by atoms with Crippen LogP contribution in [0.1, 0.15) is 6.92 Å². The van der Waals surface area contributed by atoms with E-state index in [0.717, 1.165) is 0 Å². The number of alkyl halides is 1. The fourth-order valence-corrected chi connectivity index (χ4v) is 1.34. The van der Waals surface area contributed by atoms with Crippen LogP contribution in [-0.2, 0) is 4.79 Å². The molecule has 3 atom stereocenters. The molecule has 4 nitrogen and oxygen atoms in total. The number of carbonyl (C=O) groups is 1. The van der Waals surface area contributed by atoms with Crippen LogP contribution >= 0.6 is 11.6 Å². The van der Waals surface area contributed by atoms with Gasteiger partial charge < -0.3 is 15.1 Å². The highest BCUT2D eigenvalue weighted by Crippen LogP contribution is 2.12. The fourth-order valence-electron chi connectivity index (χ4n) is 1.20. The number of aliphatic hydroxyl groups excluding tert-OH is 2. The lowest BCUT2D eigenvalue weighted by Crippen LogP contribution is -2.34. The maximum Gasteiger partial charge on any atom is 0.240 e. The molecule has 0 spiro atoms. The van der Waals surface area contributed by atoms with Crippen molar-refractivity contribution in [1.82, 2.24) is 4.90 Å². The molecule has 2 N–H and O–H groups in total. The fraction of sp³-hybridized carbons (Fsp3) is 0.857. The molecule has 0 saturated carbocycles. The topological polar surface area (TPSA) is 60.8 Å². The molecule has 1 aliphatic heterocycles. The van der Waals surface area contributed by atoms with Crippen LogP contribution in [0.4, 0.5) is 0 Å². The second-order valence-corrected chi connectivity index (χ2v) is 3.65. The van der Waals surface area contributed by atoms with Gasteiger partial charge in [0.25, 0.3) is 0 Å². The maximum atomic E-state index is 11.2. The molecule has 0 radical (unpaired) electrons. The van der Waals surface area contributed by atoms with E-state index < -0.39 is 17.6 Å². The van der Waals surface area contributed by atoms with E-state index in [1.54, 1.807) is 6.92 Å². The van der Waals surface area contributed by atoms with Gasteiger partial charge in [-0.15, -0.1) is 11.6 Å². The van der Waals surface area contributed by atoms with E-state index in [1.165, 1.54) is 4.90 Å². The van der Waals surface area contributed by atoms with Gasteiger partial charge in [0, 0.05) is 13.1 Å². The van der Waals surface area contributed by atoms with Crippen LogP contribution in [0, 0.1) is 0 Å². The highest BCUT2D eigenvalue weighted by atomic mass is 35.5. The molecule has 12 heavy (non-hydrogen) atoms. The molecule has 1 unspecified atom stereocenters. The van der Waals surface area contributed by atoms with Crippen molar-refractivity contribution in [3.05, 3.63) is 0 Å². The molecule has 1 amide bonds. The van der Waals surface area contributed by atoms with Gasteiger partial charge in [-0.05, 0) is 6.92 Å². The Hall–Kier alpha value is -0.320. The van der Waals surface area contributed by atoms with E-state index in [2.05, 4.69) is 0 Å². The van der Waals surface area contributed by atoms with Crippen molar-refractivity contribution in [2.24, 2.45) is 0 Å². The SMILES string of the molecule is CC(Cl)C(=O)N1C[C@@H](O)[C@@H](O)C1. The van der Waals surface area contributed by atoms with Crippen molar-refractivity contribution in [1.29, 1.82) is 0 Å². The molecular weight excluding hydrogens is 182 g/mol. The molecule has 0 aromatic carbocycles. The molecular formula is C7H12ClNO3. The summed E-state index contributed by atoms with van der Waals surface area (Å²) in [6.45, 7) is 1.93. The van der Waals surface area contributed by atoms with Gasteiger partial charge >= 0.3 is 0 Å². The quantitative estimate of drug-likeness (QED) is 0.535. The molecule has 0 aromatic heterocycles. The Morgan fingerprint density at radius 3 is 2.25 bits per heavy atom. The van der Waals surface area contributed by atoms with E-state index in [-0.39, 0.29) is 19.0 Å². The highest BCUT2D eigenvalue weighted by molar-refractivity contribution is 6.30. The van der Waals surface area contributed by atoms with Crippen LogP contribution in [0.25, 0.3) is 0 Å². The van der Waals surface area contributed by atoms with Gasteiger partial charge in [-0.1, -0.05) is 0 Å². The summed E-state index contributed by atoms with van der Waals surface area (Å²) < 4.78 is 0. The van der Waals surface area contributed by atoms with Crippen LogP contribution in [0.3, 0.4) is 0 Å². The van der Waals surface area contributed by atoms with Crippen LogP contribution in [-0.4, -0.2) is 51.7 Å². The Morgan fingerprint density at radius 1 is 1.50 bits per heavy atom. The summed E-state index contributed by atoms with van der Waals surface area (Å²) in [6, 6.07) is 0. The molecule has 0 aromatic rings. The predicted octanol–water partition coefficient (Wildman–Crippen LogP) is -0.822. The first-order chi connectivity index (χ1) is 5.52. The number of hydrogen-bond acceptors (Lipinski definition) is 3. The maximum absolute atomic E-state index is 11.2. The van der Waals surface area contributed by atoms with Gasteiger partial charge in [-0.2, -0.15) is 0 Å². The Bertz CT molecular complexity index is 175. The summed E-state index contributed by atoms with van der Waals surface area (Å²) in [6.07, 6.45) is -1.66. The molecule has 1 rings (SSSR count). The number of halogens is 1. The lowest BCUT2D eigenvalue weighted by molar-refractivity contribution is -0.130. The third-order valence-corrected chi connectivity index (χ3v) is 2.10. The molecule has 0 bridgehead atoms. The molecule has 1 heterocycles. The van der Waals surface area contributed by atoms with Gasteiger partial charge in [-0.3, -0.25) is 4.79 Å². The number of amides is 1. The van der Waals surface area contributed by atoms with Gasteiger partial charge in [0.05, 0.1) is 12.2 Å². The van der Waals surface area contributed by atoms with Crippen molar-refractivity contribution in [3.8, 4) is 0 Å². The zero-order valence-electron chi connectivity index (χ0n) is 6.77. The Labute approximate surface area is 75.7 Å². The Morgan fingerprint density at radius 2 is 1.92 bits per heavy atom. The second-order valence-electron chi connectivity index (χ2n) is 2.99. The van der Waals surface area contributed by atoms with Gasteiger partial charge in [0.2, 0.25) is 5.91 Å². The molecule has 0 aliphatic carbocycles. The summed E-state index contributed by atoms with van der Waals surface area (Å²) in [5.74, 6) is -0.243. The minimum absolute atomic E-state index is 0.178. The summed E-state index contributed by atoms with van der Waals surface area (Å²) in [4.78, 5) is 12.6. The third-order valence-electron chi connectivity index (χ3n) is 1.91. The number of aliphatic hydroxyl groups is 2. The number of rotatable bonds is 1.